The number of halogens is 1. The maximum absolute atomic E-state index is 13.9. The van der Waals surface area contributed by atoms with E-state index in [4.69, 9.17) is 30.8 Å². The third kappa shape index (κ3) is 4.96. The van der Waals surface area contributed by atoms with Crippen molar-refractivity contribution in [2.24, 2.45) is 4.99 Å². The number of thiazole rings is 1. The Bertz CT molecular complexity index is 1570. The average molecular weight is 556 g/mol. The molecule has 0 unspecified atom stereocenters. The van der Waals surface area contributed by atoms with Crippen LogP contribution in [-0.4, -0.2) is 49.8 Å². The number of amides is 1. The van der Waals surface area contributed by atoms with Crippen molar-refractivity contribution in [1.82, 2.24) is 9.47 Å². The molecule has 10 heteroatoms. The monoisotopic (exact) mass is 555 g/mol. The first-order valence-electron chi connectivity index (χ1n) is 12.1. The molecule has 1 amide bonds. The predicted molar refractivity (Wildman–Crippen MR) is 149 cm³/mol. The molecule has 1 atom stereocenters. The number of aromatic nitrogens is 1. The molecule has 0 bridgehead atoms. The van der Waals surface area contributed by atoms with Gasteiger partial charge in [0.2, 0.25) is 0 Å². The summed E-state index contributed by atoms with van der Waals surface area (Å²) in [7, 11) is 4.64. The molecule has 0 fully saturated rings. The number of nitrogens with zero attached hydrogens (tertiary/aromatic N) is 3. The Hall–Kier alpha value is -3.56. The van der Waals surface area contributed by atoms with Crippen molar-refractivity contribution in [1.29, 1.82) is 0 Å². The Morgan fingerprint density at radius 3 is 2.24 bits per heavy atom. The first-order chi connectivity index (χ1) is 18.3. The molecule has 3 aromatic rings. The number of ether oxygens (including phenoxy) is 3. The summed E-state index contributed by atoms with van der Waals surface area (Å²) in [6, 6.07) is 10.0. The van der Waals surface area contributed by atoms with E-state index in [1.165, 1.54) is 11.3 Å². The lowest BCUT2D eigenvalue weighted by molar-refractivity contribution is -0.127. The SMILES string of the molecule is CCN(CC)C(=O)C1=C(C)N=c2s/c(=C/c3cc(OC)c(OC)cc3OC)c(=O)n2[C@@H]1c1ccc(Cl)cc1. The molecule has 38 heavy (non-hydrogen) atoms. The summed E-state index contributed by atoms with van der Waals surface area (Å²) in [6.07, 6.45) is 1.74. The number of carbonyl (C=O) groups is 1. The Morgan fingerprint density at radius 1 is 1.05 bits per heavy atom. The molecule has 0 spiro atoms. The topological polar surface area (TPSA) is 82.4 Å². The van der Waals surface area contributed by atoms with Crippen molar-refractivity contribution < 1.29 is 19.0 Å². The molecule has 1 aromatic heterocycles. The lowest BCUT2D eigenvalue weighted by Crippen LogP contribution is -2.43. The van der Waals surface area contributed by atoms with Crippen LogP contribution in [0.1, 0.15) is 37.9 Å². The van der Waals surface area contributed by atoms with Gasteiger partial charge in [-0.15, -0.1) is 0 Å². The van der Waals surface area contributed by atoms with Crippen LogP contribution >= 0.6 is 22.9 Å². The quantitative estimate of drug-likeness (QED) is 0.422. The third-order valence-electron chi connectivity index (χ3n) is 6.51. The van der Waals surface area contributed by atoms with Gasteiger partial charge in [0, 0.05) is 29.7 Å². The van der Waals surface area contributed by atoms with Crippen molar-refractivity contribution in [3.63, 3.8) is 0 Å². The van der Waals surface area contributed by atoms with Gasteiger partial charge in [0.25, 0.3) is 11.5 Å². The lowest BCUT2D eigenvalue weighted by atomic mass is 9.94. The van der Waals surface area contributed by atoms with Gasteiger partial charge >= 0.3 is 0 Å². The van der Waals surface area contributed by atoms with Gasteiger partial charge in [-0.3, -0.25) is 14.2 Å². The maximum Gasteiger partial charge on any atom is 0.271 e. The number of carbonyl (C=O) groups excluding carboxylic acids is 1. The number of rotatable bonds is 8. The van der Waals surface area contributed by atoms with Crippen LogP contribution in [0.3, 0.4) is 0 Å². The zero-order valence-electron chi connectivity index (χ0n) is 22.2. The van der Waals surface area contributed by atoms with E-state index >= 15 is 0 Å². The minimum Gasteiger partial charge on any atom is -0.496 e. The average Bonchev–Trinajstić information content (AvgIpc) is 3.22. The molecule has 2 aromatic carbocycles. The fourth-order valence-electron chi connectivity index (χ4n) is 4.54. The smallest absolute Gasteiger partial charge is 0.271 e. The van der Waals surface area contributed by atoms with Gasteiger partial charge in [0.15, 0.2) is 16.3 Å². The molecule has 0 saturated carbocycles. The van der Waals surface area contributed by atoms with Gasteiger partial charge in [-0.1, -0.05) is 35.1 Å². The minimum atomic E-state index is -0.647. The molecule has 0 N–H and O–H groups in total. The highest BCUT2D eigenvalue weighted by atomic mass is 35.5. The molecular formula is C28H30ClN3O5S. The fourth-order valence-corrected chi connectivity index (χ4v) is 5.71. The maximum atomic E-state index is 13.9. The van der Waals surface area contributed by atoms with E-state index in [1.54, 1.807) is 61.1 Å². The van der Waals surface area contributed by atoms with Crippen molar-refractivity contribution in [2.75, 3.05) is 34.4 Å². The van der Waals surface area contributed by atoms with Crippen molar-refractivity contribution in [2.45, 2.75) is 26.8 Å². The summed E-state index contributed by atoms with van der Waals surface area (Å²) < 4.78 is 18.4. The summed E-state index contributed by atoms with van der Waals surface area (Å²) in [5, 5.41) is 0.569. The molecular weight excluding hydrogens is 526 g/mol. The molecule has 1 aliphatic heterocycles. The van der Waals surface area contributed by atoms with Crippen LogP contribution in [0.4, 0.5) is 0 Å². The molecule has 0 aliphatic carbocycles. The number of fused-ring (bicyclic) bond motifs is 1. The Kier molecular flexibility index (Phi) is 8.28. The second-order valence-electron chi connectivity index (χ2n) is 8.56. The molecule has 0 radical (unpaired) electrons. The minimum absolute atomic E-state index is 0.146. The van der Waals surface area contributed by atoms with E-state index in [0.717, 1.165) is 5.56 Å². The summed E-state index contributed by atoms with van der Waals surface area (Å²) in [5.41, 5.74) is 2.21. The number of allylic oxidation sites excluding steroid dienone is 1. The zero-order chi connectivity index (χ0) is 27.6. The Balaban J connectivity index is 1.97. The summed E-state index contributed by atoms with van der Waals surface area (Å²) in [5.74, 6) is 1.40. The zero-order valence-corrected chi connectivity index (χ0v) is 23.8. The number of benzene rings is 2. The van der Waals surface area contributed by atoms with Crippen LogP contribution in [-0.2, 0) is 4.79 Å². The highest BCUT2D eigenvalue weighted by molar-refractivity contribution is 7.07. The van der Waals surface area contributed by atoms with E-state index in [0.29, 0.717) is 61.5 Å². The molecule has 200 valence electrons. The van der Waals surface area contributed by atoms with E-state index < -0.39 is 6.04 Å². The summed E-state index contributed by atoms with van der Waals surface area (Å²) in [6.45, 7) is 6.76. The first-order valence-corrected chi connectivity index (χ1v) is 13.3. The van der Waals surface area contributed by atoms with Crippen LogP contribution in [0.15, 0.2) is 57.5 Å². The second-order valence-corrected chi connectivity index (χ2v) is 10.0. The van der Waals surface area contributed by atoms with Crippen LogP contribution in [0.5, 0.6) is 17.2 Å². The van der Waals surface area contributed by atoms with Gasteiger partial charge in [0.05, 0.1) is 43.2 Å². The largest absolute Gasteiger partial charge is 0.496 e. The molecule has 2 heterocycles. The molecule has 0 saturated heterocycles. The van der Waals surface area contributed by atoms with Crippen LogP contribution in [0.2, 0.25) is 5.02 Å². The number of hydrogen-bond acceptors (Lipinski definition) is 7. The predicted octanol–water partition coefficient (Wildman–Crippen LogP) is 3.78. The van der Waals surface area contributed by atoms with E-state index in [-0.39, 0.29) is 11.5 Å². The lowest BCUT2D eigenvalue weighted by Gasteiger charge is -2.29. The number of hydrogen-bond donors (Lipinski definition) is 0. The van der Waals surface area contributed by atoms with Crippen molar-refractivity contribution in [3.8, 4) is 17.2 Å². The van der Waals surface area contributed by atoms with Crippen LogP contribution in [0, 0.1) is 0 Å². The van der Waals surface area contributed by atoms with E-state index in [1.807, 2.05) is 32.9 Å². The van der Waals surface area contributed by atoms with E-state index in [2.05, 4.69) is 0 Å². The normalized spacial score (nSPS) is 15.1. The summed E-state index contributed by atoms with van der Waals surface area (Å²) >= 11 is 7.42. The second kappa shape index (κ2) is 11.4. The Morgan fingerprint density at radius 2 is 1.66 bits per heavy atom. The first kappa shape index (κ1) is 27.5. The molecule has 4 rings (SSSR count). The summed E-state index contributed by atoms with van der Waals surface area (Å²) in [4.78, 5) is 34.6. The van der Waals surface area contributed by atoms with Gasteiger partial charge < -0.3 is 19.1 Å². The molecule has 8 nitrogen and oxygen atoms in total. The van der Waals surface area contributed by atoms with Crippen LogP contribution < -0.4 is 29.1 Å². The van der Waals surface area contributed by atoms with E-state index in [9.17, 15) is 9.59 Å². The molecule has 1 aliphatic rings. The highest BCUT2D eigenvalue weighted by Crippen LogP contribution is 2.35. The fraction of sp³-hybridized carbons (Fsp3) is 0.321. The third-order valence-corrected chi connectivity index (χ3v) is 7.75. The standard InChI is InChI=1S/C28H30ClN3O5S/c1-7-31(8-2)27(34)24-16(3)30-28-32(25(24)17-9-11-19(29)12-10-17)26(33)23(38-28)14-18-13-21(36-5)22(37-6)15-20(18)35-4/h9-15,25H,7-8H2,1-6H3/b23-14+/t25-/m1/s1. The van der Waals surface area contributed by atoms with Gasteiger partial charge in [-0.25, -0.2) is 4.99 Å². The highest BCUT2D eigenvalue weighted by Gasteiger charge is 2.34. The van der Waals surface area contributed by atoms with Gasteiger partial charge in [-0.2, -0.15) is 0 Å². The van der Waals surface area contributed by atoms with Gasteiger partial charge in [-0.05, 0) is 50.6 Å². The van der Waals surface area contributed by atoms with Gasteiger partial charge in [0.1, 0.15) is 5.75 Å². The van der Waals surface area contributed by atoms with Crippen molar-refractivity contribution in [3.05, 3.63) is 83.5 Å². The number of methoxy groups -OCH3 is 3. The number of likely N-dealkylation sites (N-methyl/N-ethyl adjacent to an activating group) is 1. The van der Waals surface area contributed by atoms with Crippen molar-refractivity contribution >= 4 is 34.9 Å². The van der Waals surface area contributed by atoms with Crippen LogP contribution in [0.25, 0.3) is 6.08 Å². The Labute approximate surface area is 230 Å².